The zero-order valence-electron chi connectivity index (χ0n) is 12.8. The Kier molecular flexibility index (Phi) is 6.37. The lowest BCUT2D eigenvalue weighted by Gasteiger charge is -2.20. The van der Waals surface area contributed by atoms with E-state index >= 15 is 0 Å². The van der Waals surface area contributed by atoms with Gasteiger partial charge >= 0.3 is 5.97 Å². The fourth-order valence-corrected chi connectivity index (χ4v) is 1.73. The van der Waals surface area contributed by atoms with Gasteiger partial charge in [0.05, 0.1) is 5.60 Å². The number of carbonyl (C=O) groups is 2. The van der Waals surface area contributed by atoms with Crippen molar-refractivity contribution in [3.63, 3.8) is 0 Å². The number of aryl methyl sites for hydroxylation is 1. The molecule has 0 bridgehead atoms. The highest BCUT2D eigenvalue weighted by Crippen LogP contribution is 2.07. The van der Waals surface area contributed by atoms with E-state index in [9.17, 15) is 14.7 Å². The number of ether oxygens (including phenoxy) is 1. The fourth-order valence-electron chi connectivity index (χ4n) is 1.73. The number of hydrogen-bond acceptors (Lipinski definition) is 3. The molecule has 0 aliphatic rings. The average Bonchev–Trinajstić information content (AvgIpc) is 2.41. The predicted octanol–water partition coefficient (Wildman–Crippen LogP) is 2.00. The van der Waals surface area contributed by atoms with Crippen LogP contribution in [0.1, 0.15) is 32.8 Å². The Morgan fingerprint density at radius 3 is 2.38 bits per heavy atom. The van der Waals surface area contributed by atoms with Crippen molar-refractivity contribution in [1.82, 2.24) is 5.32 Å². The molecule has 0 fully saturated rings. The molecule has 5 nitrogen and oxygen atoms in total. The van der Waals surface area contributed by atoms with Crippen LogP contribution >= 0.6 is 0 Å². The highest BCUT2D eigenvalue weighted by Gasteiger charge is 2.21. The molecule has 0 radical (unpaired) electrons. The predicted molar refractivity (Wildman–Crippen MR) is 80.0 cm³/mol. The standard InChI is InChI=1S/C16H23NO4/c1-16(2,3)21-11-14(18)17-13(15(19)20)10-9-12-7-5-4-6-8-12/h4-8,13H,9-11H2,1-3H3,(H,17,18)(H,19,20)/t13-/m0/s1. The van der Waals surface area contributed by atoms with Crippen LogP contribution < -0.4 is 5.32 Å². The van der Waals surface area contributed by atoms with Crippen molar-refractivity contribution in [2.24, 2.45) is 0 Å². The van der Waals surface area contributed by atoms with E-state index in [0.29, 0.717) is 12.8 Å². The first-order valence-corrected chi connectivity index (χ1v) is 6.98. The zero-order valence-corrected chi connectivity index (χ0v) is 12.8. The Balaban J connectivity index is 2.46. The van der Waals surface area contributed by atoms with Gasteiger partial charge in [-0.25, -0.2) is 4.79 Å². The minimum Gasteiger partial charge on any atom is -0.480 e. The van der Waals surface area contributed by atoms with E-state index in [0.717, 1.165) is 5.56 Å². The number of amides is 1. The number of carboxylic acid groups (broad SMARTS) is 1. The molecule has 1 aromatic rings. The van der Waals surface area contributed by atoms with Crippen LogP contribution in [0, 0.1) is 0 Å². The highest BCUT2D eigenvalue weighted by molar-refractivity contribution is 5.84. The molecule has 2 N–H and O–H groups in total. The lowest BCUT2D eigenvalue weighted by molar-refractivity contribution is -0.143. The van der Waals surface area contributed by atoms with E-state index in [1.807, 2.05) is 51.1 Å². The molecule has 0 aliphatic carbocycles. The molecule has 0 aromatic heterocycles. The van der Waals surface area contributed by atoms with Crippen LogP contribution in [-0.4, -0.2) is 35.2 Å². The summed E-state index contributed by atoms with van der Waals surface area (Å²) in [5, 5.41) is 11.7. The number of carbonyl (C=O) groups excluding carboxylic acids is 1. The summed E-state index contributed by atoms with van der Waals surface area (Å²) in [7, 11) is 0. The Morgan fingerprint density at radius 1 is 1.24 bits per heavy atom. The van der Waals surface area contributed by atoms with Crippen LogP contribution in [0.4, 0.5) is 0 Å². The van der Waals surface area contributed by atoms with Gasteiger partial charge in [0.2, 0.25) is 5.91 Å². The first-order valence-electron chi connectivity index (χ1n) is 6.98. The largest absolute Gasteiger partial charge is 0.480 e. The van der Waals surface area contributed by atoms with Crippen molar-refractivity contribution in [2.45, 2.75) is 45.3 Å². The third-order valence-electron chi connectivity index (χ3n) is 2.83. The Bertz CT molecular complexity index is 465. The number of rotatable bonds is 7. The molecule has 0 spiro atoms. The Morgan fingerprint density at radius 2 is 1.86 bits per heavy atom. The van der Waals surface area contributed by atoms with E-state index < -0.39 is 23.5 Å². The van der Waals surface area contributed by atoms with Crippen molar-refractivity contribution in [2.75, 3.05) is 6.61 Å². The number of benzene rings is 1. The summed E-state index contributed by atoms with van der Waals surface area (Å²) in [6.07, 6.45) is 0.943. The van der Waals surface area contributed by atoms with Gasteiger partial charge in [0.15, 0.2) is 0 Å². The van der Waals surface area contributed by atoms with Crippen molar-refractivity contribution >= 4 is 11.9 Å². The average molecular weight is 293 g/mol. The lowest BCUT2D eigenvalue weighted by Crippen LogP contribution is -2.43. The Labute approximate surface area is 125 Å². The maximum absolute atomic E-state index is 11.7. The normalized spacial score (nSPS) is 12.7. The topological polar surface area (TPSA) is 75.6 Å². The minimum absolute atomic E-state index is 0.140. The molecule has 0 unspecified atom stereocenters. The third kappa shape index (κ3) is 7.46. The van der Waals surface area contributed by atoms with Crippen molar-refractivity contribution in [3.8, 4) is 0 Å². The molecule has 5 heteroatoms. The molecule has 116 valence electrons. The summed E-state index contributed by atoms with van der Waals surface area (Å²) in [5.41, 5.74) is 0.615. The van der Waals surface area contributed by atoms with Crippen molar-refractivity contribution < 1.29 is 19.4 Å². The molecule has 21 heavy (non-hydrogen) atoms. The zero-order chi connectivity index (χ0) is 15.9. The molecule has 1 aromatic carbocycles. The second-order valence-electron chi connectivity index (χ2n) is 5.88. The van der Waals surface area contributed by atoms with Gasteiger partial charge in [0.1, 0.15) is 12.6 Å². The van der Waals surface area contributed by atoms with E-state index in [4.69, 9.17) is 4.74 Å². The van der Waals surface area contributed by atoms with E-state index in [1.54, 1.807) is 0 Å². The smallest absolute Gasteiger partial charge is 0.326 e. The molecule has 1 amide bonds. The van der Waals surface area contributed by atoms with Crippen LogP contribution in [0.5, 0.6) is 0 Å². The van der Waals surface area contributed by atoms with Gasteiger partial charge in [-0.15, -0.1) is 0 Å². The highest BCUT2D eigenvalue weighted by atomic mass is 16.5. The minimum atomic E-state index is -1.03. The van der Waals surface area contributed by atoms with Crippen molar-refractivity contribution in [3.05, 3.63) is 35.9 Å². The molecule has 0 aliphatic heterocycles. The fraction of sp³-hybridized carbons (Fsp3) is 0.500. The monoisotopic (exact) mass is 293 g/mol. The molecule has 0 heterocycles. The summed E-state index contributed by atoms with van der Waals surface area (Å²) < 4.78 is 5.33. The summed E-state index contributed by atoms with van der Waals surface area (Å²) in [6.45, 7) is 5.37. The quantitative estimate of drug-likeness (QED) is 0.806. The third-order valence-corrected chi connectivity index (χ3v) is 2.83. The van der Waals surface area contributed by atoms with Gasteiger partial charge in [-0.05, 0) is 39.2 Å². The molecular weight excluding hydrogens is 270 g/mol. The first kappa shape index (κ1) is 17.2. The summed E-state index contributed by atoms with van der Waals surface area (Å²) in [4.78, 5) is 22.9. The maximum Gasteiger partial charge on any atom is 0.326 e. The van der Waals surface area contributed by atoms with E-state index in [1.165, 1.54) is 0 Å². The van der Waals surface area contributed by atoms with Crippen LogP contribution in [-0.2, 0) is 20.7 Å². The summed E-state index contributed by atoms with van der Waals surface area (Å²) >= 11 is 0. The van der Waals surface area contributed by atoms with Gasteiger partial charge in [0, 0.05) is 0 Å². The van der Waals surface area contributed by atoms with Gasteiger partial charge in [0.25, 0.3) is 0 Å². The van der Waals surface area contributed by atoms with Crippen LogP contribution in [0.2, 0.25) is 0 Å². The second kappa shape index (κ2) is 7.78. The van der Waals surface area contributed by atoms with Crippen molar-refractivity contribution in [1.29, 1.82) is 0 Å². The van der Waals surface area contributed by atoms with Gasteiger partial charge in [-0.2, -0.15) is 0 Å². The molecule has 0 saturated carbocycles. The summed E-state index contributed by atoms with van der Waals surface area (Å²) in [6, 6.07) is 8.68. The Hall–Kier alpha value is -1.88. The van der Waals surface area contributed by atoms with Crippen LogP contribution in [0.15, 0.2) is 30.3 Å². The van der Waals surface area contributed by atoms with Gasteiger partial charge in [-0.1, -0.05) is 30.3 Å². The summed E-state index contributed by atoms with van der Waals surface area (Å²) in [5.74, 6) is -1.44. The number of nitrogens with one attached hydrogen (secondary N) is 1. The molecule has 0 saturated heterocycles. The second-order valence-corrected chi connectivity index (χ2v) is 5.88. The van der Waals surface area contributed by atoms with E-state index in [2.05, 4.69) is 5.32 Å². The maximum atomic E-state index is 11.7. The van der Waals surface area contributed by atoms with Crippen LogP contribution in [0.3, 0.4) is 0 Å². The number of carboxylic acids is 1. The van der Waals surface area contributed by atoms with E-state index in [-0.39, 0.29) is 6.61 Å². The molecule has 1 atom stereocenters. The number of aliphatic carboxylic acids is 1. The molecular formula is C16H23NO4. The number of hydrogen-bond donors (Lipinski definition) is 2. The SMILES string of the molecule is CC(C)(C)OCC(=O)N[C@@H](CCc1ccccc1)C(=O)O. The lowest BCUT2D eigenvalue weighted by atomic mass is 10.1. The van der Waals surface area contributed by atoms with Crippen LogP contribution in [0.25, 0.3) is 0 Å². The van der Waals surface area contributed by atoms with Gasteiger partial charge < -0.3 is 15.2 Å². The van der Waals surface area contributed by atoms with Gasteiger partial charge in [-0.3, -0.25) is 4.79 Å². The first-order chi connectivity index (χ1) is 9.78. The molecule has 1 rings (SSSR count).